The molecular weight excluding hydrogens is 114 g/mol. The van der Waals surface area contributed by atoms with E-state index < -0.39 is 11.0 Å². The standard InChI is InChI=1S/C3H10NO3.H2O/c1-3(2)4(5,6)7;/h3,5-7H,1-2H3;1H2/q+1;/p-1. The minimum Gasteiger partial charge on any atom is -0.870 e. The van der Waals surface area contributed by atoms with Gasteiger partial charge in [-0.05, 0) is 13.8 Å². The van der Waals surface area contributed by atoms with E-state index in [1.807, 2.05) is 0 Å². The molecule has 0 bridgehead atoms. The highest BCUT2D eigenvalue weighted by Crippen LogP contribution is 1.95. The topological polar surface area (TPSA) is 90.7 Å². The Bertz CT molecular complexity index is 56.8. The molecule has 0 rings (SSSR count). The summed E-state index contributed by atoms with van der Waals surface area (Å²) in [6, 6.07) is -0.597. The second kappa shape index (κ2) is 2.95. The van der Waals surface area contributed by atoms with Crippen LogP contribution in [0.1, 0.15) is 13.8 Å². The van der Waals surface area contributed by atoms with Gasteiger partial charge in [0.25, 0.3) is 0 Å². The van der Waals surface area contributed by atoms with Crippen molar-refractivity contribution in [3.05, 3.63) is 0 Å². The summed E-state index contributed by atoms with van der Waals surface area (Å²) < 4.78 is 0. The van der Waals surface area contributed by atoms with E-state index in [1.165, 1.54) is 13.8 Å². The summed E-state index contributed by atoms with van der Waals surface area (Å²) in [6.45, 7) is 2.94. The molecule has 0 saturated carbocycles. The smallest absolute Gasteiger partial charge is 0.181 e. The van der Waals surface area contributed by atoms with Crippen molar-refractivity contribution in [3.8, 4) is 0 Å². The molecule has 0 saturated heterocycles. The predicted molar refractivity (Wildman–Crippen MR) is 22.7 cm³/mol. The SMILES string of the molecule is CC(C)[N+](O)(O)O.[OH-]. The predicted octanol–water partition coefficient (Wildman–Crippen LogP) is 0.202. The van der Waals surface area contributed by atoms with E-state index in [0.29, 0.717) is 0 Å². The lowest BCUT2D eigenvalue weighted by Crippen LogP contribution is -2.43. The van der Waals surface area contributed by atoms with Crippen LogP contribution in [0.15, 0.2) is 0 Å². The summed E-state index contributed by atoms with van der Waals surface area (Å²) in [5.74, 6) is 0. The van der Waals surface area contributed by atoms with Gasteiger partial charge in [-0.2, -0.15) is 0 Å². The van der Waals surface area contributed by atoms with Crippen LogP contribution in [0.2, 0.25) is 0 Å². The Morgan fingerprint density at radius 2 is 1.25 bits per heavy atom. The van der Waals surface area contributed by atoms with Gasteiger partial charge in [-0.1, -0.05) is 0 Å². The van der Waals surface area contributed by atoms with E-state index in [2.05, 4.69) is 0 Å². The molecule has 0 aromatic rings. The maximum absolute atomic E-state index is 8.14. The first-order valence-corrected chi connectivity index (χ1v) is 2.01. The minimum atomic E-state index is -1.94. The van der Waals surface area contributed by atoms with Crippen LogP contribution in [0.3, 0.4) is 0 Å². The number of hydrogen-bond acceptors (Lipinski definition) is 4. The molecule has 0 atom stereocenters. The molecule has 0 aliphatic carbocycles. The van der Waals surface area contributed by atoms with E-state index >= 15 is 0 Å². The van der Waals surface area contributed by atoms with Crippen molar-refractivity contribution >= 4 is 0 Å². The number of quaternary nitrogens is 1. The van der Waals surface area contributed by atoms with Crippen molar-refractivity contribution in [1.29, 1.82) is 0 Å². The van der Waals surface area contributed by atoms with Crippen molar-refractivity contribution in [2.24, 2.45) is 0 Å². The third-order valence-corrected chi connectivity index (χ3v) is 0.693. The molecule has 52 valence electrons. The maximum Gasteiger partial charge on any atom is 0.181 e. The molecule has 0 unspecified atom stereocenters. The van der Waals surface area contributed by atoms with Crippen molar-refractivity contribution in [2.75, 3.05) is 0 Å². The average molecular weight is 125 g/mol. The largest absolute Gasteiger partial charge is 0.870 e. The van der Waals surface area contributed by atoms with Gasteiger partial charge in [0.1, 0.15) is 0 Å². The lowest BCUT2D eigenvalue weighted by molar-refractivity contribution is -1.38. The summed E-state index contributed by atoms with van der Waals surface area (Å²) in [6.07, 6.45) is 0. The summed E-state index contributed by atoms with van der Waals surface area (Å²) in [5.41, 5.74) is 0. The van der Waals surface area contributed by atoms with E-state index in [0.717, 1.165) is 0 Å². The van der Waals surface area contributed by atoms with E-state index in [9.17, 15) is 0 Å². The monoisotopic (exact) mass is 125 g/mol. The molecule has 5 nitrogen and oxygen atoms in total. The zero-order chi connectivity index (χ0) is 6.08. The molecule has 0 fully saturated rings. The molecule has 0 aromatic carbocycles. The fourth-order valence-corrected chi connectivity index (χ4v) is 0. The number of rotatable bonds is 1. The highest BCUT2D eigenvalue weighted by molar-refractivity contribution is 4.22. The number of nitrogens with zero attached hydrogens (tertiary/aromatic N) is 1. The van der Waals surface area contributed by atoms with Gasteiger partial charge >= 0.3 is 0 Å². The van der Waals surface area contributed by atoms with E-state index in [1.54, 1.807) is 0 Å². The van der Waals surface area contributed by atoms with Gasteiger partial charge in [0.15, 0.2) is 6.04 Å². The maximum atomic E-state index is 8.14. The second-order valence-electron chi connectivity index (χ2n) is 1.71. The van der Waals surface area contributed by atoms with Gasteiger partial charge in [-0.15, -0.1) is 15.6 Å². The molecule has 8 heavy (non-hydrogen) atoms. The highest BCUT2D eigenvalue weighted by Gasteiger charge is 2.23. The summed E-state index contributed by atoms with van der Waals surface area (Å²) in [4.78, 5) is -1.94. The normalized spacial score (nSPS) is 11.2. The van der Waals surface area contributed by atoms with Crippen molar-refractivity contribution in [1.82, 2.24) is 0 Å². The van der Waals surface area contributed by atoms with Gasteiger partial charge in [0, 0.05) is 0 Å². The number of hydroxylamine groups is 3. The average Bonchev–Trinajstić information content (AvgIpc) is 1.31. The third-order valence-electron chi connectivity index (χ3n) is 0.693. The first-order valence-electron chi connectivity index (χ1n) is 2.01. The molecule has 0 aliphatic rings. The van der Waals surface area contributed by atoms with Gasteiger partial charge in [-0.25, -0.2) is 0 Å². The Kier molecular flexibility index (Phi) is 3.96. The van der Waals surface area contributed by atoms with Gasteiger partial charge in [0.2, 0.25) is 0 Å². The molecule has 0 aromatic heterocycles. The fourth-order valence-electron chi connectivity index (χ4n) is 0. The van der Waals surface area contributed by atoms with Crippen molar-refractivity contribution in [2.45, 2.75) is 19.9 Å². The summed E-state index contributed by atoms with van der Waals surface area (Å²) in [5, 5.41) is 24.4. The molecule has 0 amide bonds. The Balaban J connectivity index is 0. The molecule has 0 aliphatic heterocycles. The van der Waals surface area contributed by atoms with E-state index in [4.69, 9.17) is 15.6 Å². The number of hydrogen-bond donors (Lipinski definition) is 3. The zero-order valence-corrected chi connectivity index (χ0v) is 4.81. The highest BCUT2D eigenvalue weighted by atomic mass is 17.1. The van der Waals surface area contributed by atoms with E-state index in [-0.39, 0.29) is 5.48 Å². The van der Waals surface area contributed by atoms with Gasteiger partial charge in [0.05, 0.1) is 4.97 Å². The Morgan fingerprint density at radius 3 is 1.25 bits per heavy atom. The van der Waals surface area contributed by atoms with Crippen LogP contribution in [-0.4, -0.2) is 32.1 Å². The van der Waals surface area contributed by atoms with Crippen LogP contribution >= 0.6 is 0 Å². The summed E-state index contributed by atoms with van der Waals surface area (Å²) in [7, 11) is 0. The van der Waals surface area contributed by atoms with Crippen LogP contribution in [-0.2, 0) is 0 Å². The molecule has 4 N–H and O–H groups in total. The van der Waals surface area contributed by atoms with Gasteiger partial charge in [-0.3, -0.25) is 0 Å². The fraction of sp³-hybridized carbons (Fsp3) is 1.00. The Labute approximate surface area is 47.2 Å². The quantitative estimate of drug-likeness (QED) is 0.345. The van der Waals surface area contributed by atoms with Crippen LogP contribution in [0.5, 0.6) is 0 Å². The lowest BCUT2D eigenvalue weighted by Gasteiger charge is -2.14. The molecular formula is C3H11NO4. The second-order valence-corrected chi connectivity index (χ2v) is 1.71. The first-order chi connectivity index (χ1) is 2.94. The zero-order valence-electron chi connectivity index (χ0n) is 4.81. The van der Waals surface area contributed by atoms with Crippen LogP contribution in [0, 0.1) is 0 Å². The van der Waals surface area contributed by atoms with Crippen LogP contribution in [0.4, 0.5) is 0 Å². The van der Waals surface area contributed by atoms with Gasteiger partial charge < -0.3 is 5.48 Å². The van der Waals surface area contributed by atoms with Crippen LogP contribution in [0.25, 0.3) is 0 Å². The van der Waals surface area contributed by atoms with Crippen molar-refractivity contribution < 1.29 is 26.1 Å². The molecule has 0 spiro atoms. The van der Waals surface area contributed by atoms with Crippen LogP contribution < -0.4 is 0 Å². The molecule has 0 heterocycles. The first kappa shape index (κ1) is 10.7. The lowest BCUT2D eigenvalue weighted by atomic mass is 10.4. The Hall–Kier alpha value is -0.200. The molecule has 5 heteroatoms. The third kappa shape index (κ3) is 3.97. The minimum absolute atomic E-state index is 0. The summed E-state index contributed by atoms with van der Waals surface area (Å²) >= 11 is 0. The molecule has 0 radical (unpaired) electrons. The Morgan fingerprint density at radius 1 is 1.12 bits per heavy atom. The van der Waals surface area contributed by atoms with Crippen molar-refractivity contribution in [3.63, 3.8) is 0 Å².